The third kappa shape index (κ3) is 3.36. The summed E-state index contributed by atoms with van der Waals surface area (Å²) in [6.07, 6.45) is 1.99. The van der Waals surface area contributed by atoms with Crippen LogP contribution in [0.25, 0.3) is 10.2 Å². The molecule has 3 aromatic rings. The van der Waals surface area contributed by atoms with E-state index in [0.717, 1.165) is 34.1 Å². The molecule has 0 radical (unpaired) electrons. The number of nitrogens with zero attached hydrogens (tertiary/aromatic N) is 2. The minimum Gasteiger partial charge on any atom is -0.454 e. The van der Waals surface area contributed by atoms with Crippen molar-refractivity contribution in [2.24, 2.45) is 0 Å². The first-order chi connectivity index (χ1) is 13.7. The molecule has 2 aliphatic rings. The summed E-state index contributed by atoms with van der Waals surface area (Å²) < 4.78 is 18.6. The number of hydrogen-bond acceptors (Lipinski definition) is 6. The van der Waals surface area contributed by atoms with Gasteiger partial charge in [-0.05, 0) is 49.2 Å². The number of ether oxygens (including phenoxy) is 3. The third-order valence-corrected chi connectivity index (χ3v) is 6.38. The molecule has 8 heteroatoms. The van der Waals surface area contributed by atoms with E-state index in [1.807, 2.05) is 18.2 Å². The van der Waals surface area contributed by atoms with Crippen molar-refractivity contribution in [2.45, 2.75) is 18.9 Å². The Morgan fingerprint density at radius 2 is 2.11 bits per heavy atom. The Labute approximate surface area is 174 Å². The van der Waals surface area contributed by atoms with E-state index < -0.39 is 0 Å². The Morgan fingerprint density at radius 3 is 2.96 bits per heavy atom. The molecule has 1 atom stereocenters. The highest BCUT2D eigenvalue weighted by Crippen LogP contribution is 2.35. The Hall–Kier alpha value is -2.16. The van der Waals surface area contributed by atoms with Crippen LogP contribution in [0.1, 0.15) is 23.2 Å². The largest absolute Gasteiger partial charge is 0.454 e. The van der Waals surface area contributed by atoms with Crippen LogP contribution in [0.2, 0.25) is 0 Å². The number of amides is 1. The molecule has 1 unspecified atom stereocenters. The van der Waals surface area contributed by atoms with Crippen LogP contribution in [-0.4, -0.2) is 36.9 Å². The average Bonchev–Trinajstić information content (AvgIpc) is 3.44. The number of thiazole rings is 1. The average molecular weight is 461 g/mol. The molecule has 2 aromatic carbocycles. The van der Waals surface area contributed by atoms with Gasteiger partial charge in [0.1, 0.15) is 0 Å². The first kappa shape index (κ1) is 17.9. The highest BCUT2D eigenvalue weighted by Gasteiger charge is 2.28. The highest BCUT2D eigenvalue weighted by molar-refractivity contribution is 9.10. The van der Waals surface area contributed by atoms with Crippen molar-refractivity contribution in [2.75, 3.05) is 24.8 Å². The molecule has 1 aromatic heterocycles. The zero-order chi connectivity index (χ0) is 19.1. The second-order valence-corrected chi connectivity index (χ2v) is 8.65. The van der Waals surface area contributed by atoms with E-state index in [9.17, 15) is 4.79 Å². The standard InChI is InChI=1S/C20H17BrN2O4S/c21-13-4-5-15-18(9-13)28-20(22-15)23(10-14-2-1-7-25-14)19(24)12-3-6-16-17(8-12)27-11-26-16/h3-6,8-9,14H,1-2,7,10-11H2. The van der Waals surface area contributed by atoms with Gasteiger partial charge in [0.05, 0.1) is 22.9 Å². The fraction of sp³-hybridized carbons (Fsp3) is 0.300. The summed E-state index contributed by atoms with van der Waals surface area (Å²) in [6.45, 7) is 1.40. The van der Waals surface area contributed by atoms with Gasteiger partial charge >= 0.3 is 0 Å². The molecule has 144 valence electrons. The van der Waals surface area contributed by atoms with E-state index in [0.29, 0.717) is 28.7 Å². The molecule has 3 heterocycles. The van der Waals surface area contributed by atoms with Gasteiger partial charge in [0.25, 0.3) is 5.91 Å². The summed E-state index contributed by atoms with van der Waals surface area (Å²) in [6, 6.07) is 11.2. The summed E-state index contributed by atoms with van der Waals surface area (Å²) in [5.74, 6) is 1.13. The minimum atomic E-state index is -0.119. The lowest BCUT2D eigenvalue weighted by Gasteiger charge is -2.23. The Balaban J connectivity index is 1.52. The second kappa shape index (κ2) is 7.35. The van der Waals surface area contributed by atoms with Gasteiger partial charge in [-0.3, -0.25) is 9.69 Å². The predicted octanol–water partition coefficient (Wildman–Crippen LogP) is 4.61. The molecule has 1 fully saturated rings. The van der Waals surface area contributed by atoms with Crippen LogP contribution in [0.15, 0.2) is 40.9 Å². The van der Waals surface area contributed by atoms with Crippen LogP contribution in [0.5, 0.6) is 11.5 Å². The smallest absolute Gasteiger partial charge is 0.260 e. The number of benzene rings is 2. The first-order valence-electron chi connectivity index (χ1n) is 9.06. The third-order valence-electron chi connectivity index (χ3n) is 4.84. The van der Waals surface area contributed by atoms with Gasteiger partial charge in [-0.1, -0.05) is 27.3 Å². The van der Waals surface area contributed by atoms with Gasteiger partial charge in [0.2, 0.25) is 6.79 Å². The Morgan fingerprint density at radius 1 is 1.21 bits per heavy atom. The molecule has 0 bridgehead atoms. The van der Waals surface area contributed by atoms with E-state index in [4.69, 9.17) is 19.2 Å². The Bertz CT molecular complexity index is 1050. The van der Waals surface area contributed by atoms with Crippen molar-refractivity contribution in [1.82, 2.24) is 4.98 Å². The number of hydrogen-bond donors (Lipinski definition) is 0. The molecule has 0 N–H and O–H groups in total. The summed E-state index contributed by atoms with van der Waals surface area (Å²) in [4.78, 5) is 19.8. The molecule has 2 aliphatic heterocycles. The molecular formula is C20H17BrN2O4S. The normalized spacial score (nSPS) is 18.0. The number of anilines is 1. The molecule has 6 nitrogen and oxygen atoms in total. The molecular weight excluding hydrogens is 444 g/mol. The summed E-state index contributed by atoms with van der Waals surface area (Å²) in [5.41, 5.74) is 1.42. The molecule has 0 saturated carbocycles. The van der Waals surface area contributed by atoms with Gasteiger partial charge in [0, 0.05) is 16.6 Å². The number of fused-ring (bicyclic) bond motifs is 2. The zero-order valence-electron chi connectivity index (χ0n) is 14.9. The number of aromatic nitrogens is 1. The molecule has 28 heavy (non-hydrogen) atoms. The monoisotopic (exact) mass is 460 g/mol. The highest BCUT2D eigenvalue weighted by atomic mass is 79.9. The topological polar surface area (TPSA) is 60.9 Å². The molecule has 0 aliphatic carbocycles. The zero-order valence-corrected chi connectivity index (χ0v) is 17.3. The van der Waals surface area contributed by atoms with E-state index >= 15 is 0 Å². The fourth-order valence-corrected chi connectivity index (χ4v) is 4.95. The molecule has 1 saturated heterocycles. The van der Waals surface area contributed by atoms with Crippen molar-refractivity contribution >= 4 is 48.5 Å². The van der Waals surface area contributed by atoms with Gasteiger partial charge in [0.15, 0.2) is 16.6 Å². The predicted molar refractivity (Wildman–Crippen MR) is 111 cm³/mol. The van der Waals surface area contributed by atoms with E-state index in [2.05, 4.69) is 15.9 Å². The number of carbonyl (C=O) groups is 1. The molecule has 5 rings (SSSR count). The quantitative estimate of drug-likeness (QED) is 0.568. The fourth-order valence-electron chi connectivity index (χ4n) is 3.43. The van der Waals surface area contributed by atoms with Crippen LogP contribution in [0.3, 0.4) is 0 Å². The van der Waals surface area contributed by atoms with E-state index in [-0.39, 0.29) is 18.8 Å². The first-order valence-corrected chi connectivity index (χ1v) is 10.7. The number of rotatable bonds is 4. The van der Waals surface area contributed by atoms with Gasteiger partial charge in [-0.15, -0.1) is 0 Å². The van der Waals surface area contributed by atoms with Crippen molar-refractivity contribution in [1.29, 1.82) is 0 Å². The van der Waals surface area contributed by atoms with Gasteiger partial charge < -0.3 is 14.2 Å². The van der Waals surface area contributed by atoms with Crippen LogP contribution in [0, 0.1) is 0 Å². The van der Waals surface area contributed by atoms with Crippen molar-refractivity contribution in [3.63, 3.8) is 0 Å². The van der Waals surface area contributed by atoms with Crippen LogP contribution >= 0.6 is 27.3 Å². The molecule has 0 spiro atoms. The maximum Gasteiger partial charge on any atom is 0.260 e. The van der Waals surface area contributed by atoms with E-state index in [1.165, 1.54) is 11.3 Å². The van der Waals surface area contributed by atoms with Crippen molar-refractivity contribution in [3.8, 4) is 11.5 Å². The lowest BCUT2D eigenvalue weighted by atomic mass is 10.1. The maximum atomic E-state index is 13.4. The summed E-state index contributed by atoms with van der Waals surface area (Å²) in [5, 5.41) is 0.672. The second-order valence-electron chi connectivity index (χ2n) is 6.73. The van der Waals surface area contributed by atoms with Crippen LogP contribution in [-0.2, 0) is 4.74 Å². The lowest BCUT2D eigenvalue weighted by molar-refractivity contribution is 0.0917. The summed E-state index contributed by atoms with van der Waals surface area (Å²) >= 11 is 5.00. The van der Waals surface area contributed by atoms with Gasteiger partial charge in [-0.2, -0.15) is 0 Å². The van der Waals surface area contributed by atoms with Crippen LogP contribution < -0.4 is 14.4 Å². The Kier molecular flexibility index (Phi) is 4.70. The van der Waals surface area contributed by atoms with Gasteiger partial charge in [-0.25, -0.2) is 4.98 Å². The lowest BCUT2D eigenvalue weighted by Crippen LogP contribution is -2.37. The number of halogens is 1. The molecule has 1 amide bonds. The van der Waals surface area contributed by atoms with Crippen LogP contribution in [0.4, 0.5) is 5.13 Å². The van der Waals surface area contributed by atoms with Crippen molar-refractivity contribution < 1.29 is 19.0 Å². The SMILES string of the molecule is O=C(c1ccc2c(c1)OCO2)N(CC1CCCO1)c1nc2ccc(Br)cc2s1. The van der Waals surface area contributed by atoms with E-state index in [1.54, 1.807) is 23.1 Å². The number of carbonyl (C=O) groups excluding carboxylic acids is 1. The summed E-state index contributed by atoms with van der Waals surface area (Å²) in [7, 11) is 0. The minimum absolute atomic E-state index is 0.0247. The van der Waals surface area contributed by atoms with Crippen molar-refractivity contribution in [3.05, 3.63) is 46.4 Å². The maximum absolute atomic E-state index is 13.4.